The number of hydrogen-bond acceptors (Lipinski definition) is 6. The van der Waals surface area contributed by atoms with Crippen molar-refractivity contribution in [1.82, 2.24) is 4.90 Å². The number of benzene rings is 3. The Hall–Kier alpha value is -4.81. The van der Waals surface area contributed by atoms with Crippen molar-refractivity contribution in [1.29, 1.82) is 0 Å². The number of nitrogens with zero attached hydrogens (tertiary/aromatic N) is 4. The van der Waals surface area contributed by atoms with Gasteiger partial charge in [-0.3, -0.25) is 19.8 Å². The number of alkyl halides is 3. The summed E-state index contributed by atoms with van der Waals surface area (Å²) in [6, 6.07) is 16.9. The summed E-state index contributed by atoms with van der Waals surface area (Å²) in [7, 11) is 0. The topological polar surface area (TPSA) is 116 Å². The molecular formula is C28H27F3N4O6. The third-order valence-corrected chi connectivity index (χ3v) is 6.65. The number of nitro groups is 1. The Morgan fingerprint density at radius 2 is 1.66 bits per heavy atom. The molecule has 1 N–H and O–H groups in total. The molecule has 0 aromatic heterocycles. The lowest BCUT2D eigenvalue weighted by molar-refractivity contribution is -0.384. The fourth-order valence-electron chi connectivity index (χ4n) is 4.47. The van der Waals surface area contributed by atoms with Gasteiger partial charge in [0.2, 0.25) is 0 Å². The first-order valence-corrected chi connectivity index (χ1v) is 12.6. The van der Waals surface area contributed by atoms with Crippen molar-refractivity contribution < 1.29 is 37.5 Å². The molecule has 1 saturated heterocycles. The third kappa shape index (κ3) is 7.04. The minimum absolute atomic E-state index is 0.0680. The first kappa shape index (κ1) is 29.2. The van der Waals surface area contributed by atoms with E-state index in [1.54, 1.807) is 30.3 Å². The molecule has 13 heteroatoms. The molecule has 10 nitrogen and oxygen atoms in total. The van der Waals surface area contributed by atoms with Gasteiger partial charge in [0.25, 0.3) is 11.6 Å². The summed E-state index contributed by atoms with van der Waals surface area (Å²) in [5.41, 5.74) is -0.481. The normalized spacial score (nSPS) is 14.3. The van der Waals surface area contributed by atoms with Crippen LogP contribution in [0.5, 0.6) is 5.75 Å². The molecule has 1 aliphatic heterocycles. The monoisotopic (exact) mass is 572 g/mol. The van der Waals surface area contributed by atoms with Crippen LogP contribution in [0.3, 0.4) is 0 Å². The Kier molecular flexibility index (Phi) is 8.65. The zero-order chi connectivity index (χ0) is 29.7. The van der Waals surface area contributed by atoms with Crippen molar-refractivity contribution in [2.45, 2.75) is 25.7 Å². The second kappa shape index (κ2) is 12.1. The molecule has 0 saturated carbocycles. The van der Waals surface area contributed by atoms with Gasteiger partial charge in [-0.1, -0.05) is 30.3 Å². The van der Waals surface area contributed by atoms with Crippen LogP contribution in [0.4, 0.5) is 35.0 Å². The molecule has 3 aromatic rings. The second-order valence-electron chi connectivity index (χ2n) is 9.38. The van der Waals surface area contributed by atoms with Crippen LogP contribution in [0.1, 0.15) is 18.1 Å². The molecule has 1 atom stereocenters. The van der Waals surface area contributed by atoms with E-state index in [1.807, 2.05) is 4.90 Å². The van der Waals surface area contributed by atoms with Crippen LogP contribution in [0.25, 0.3) is 0 Å². The number of anilines is 2. The summed E-state index contributed by atoms with van der Waals surface area (Å²) in [6.07, 6.45) is -6.70. The number of carboxylic acid groups (broad SMARTS) is 1. The predicted molar refractivity (Wildman–Crippen MR) is 144 cm³/mol. The van der Waals surface area contributed by atoms with E-state index in [4.69, 9.17) is 4.74 Å². The van der Waals surface area contributed by atoms with Crippen LogP contribution in [-0.2, 0) is 17.5 Å². The Labute approximate surface area is 233 Å². The van der Waals surface area contributed by atoms with E-state index >= 15 is 0 Å². The highest BCUT2D eigenvalue weighted by molar-refractivity contribution is 5.99. The standard InChI is InChI=1S/C28H27F3N4O6/c1-19(41-23-5-3-2-4-6-23)26(36)34(18-20-7-9-21(10-8-20)28(29,30)31)25-17-22(11-12-24(25)35(39)40)32-13-15-33(16-14-32)27(37)38/h2-12,17,19H,13-16,18H2,1H3,(H,37,38). The summed E-state index contributed by atoms with van der Waals surface area (Å²) in [4.78, 5) is 40.7. The molecule has 1 heterocycles. The maximum atomic E-state index is 13.8. The van der Waals surface area contributed by atoms with Gasteiger partial charge in [-0.05, 0) is 48.9 Å². The predicted octanol–water partition coefficient (Wildman–Crippen LogP) is 5.41. The van der Waals surface area contributed by atoms with E-state index in [2.05, 4.69) is 0 Å². The number of hydrogen-bond donors (Lipinski definition) is 1. The van der Waals surface area contributed by atoms with Crippen molar-refractivity contribution >= 4 is 29.1 Å². The number of para-hydroxylation sites is 1. The highest BCUT2D eigenvalue weighted by Gasteiger charge is 2.32. The van der Waals surface area contributed by atoms with Crippen LogP contribution in [0.2, 0.25) is 0 Å². The van der Waals surface area contributed by atoms with Crippen molar-refractivity contribution in [3.05, 3.63) is 94.0 Å². The summed E-state index contributed by atoms with van der Waals surface area (Å²) in [5.74, 6) is -0.257. The summed E-state index contributed by atoms with van der Waals surface area (Å²) < 4.78 is 45.1. The molecule has 1 fully saturated rings. The van der Waals surface area contributed by atoms with Crippen LogP contribution in [-0.4, -0.2) is 59.2 Å². The van der Waals surface area contributed by atoms with Crippen molar-refractivity contribution in [3.8, 4) is 5.75 Å². The highest BCUT2D eigenvalue weighted by Crippen LogP contribution is 2.35. The first-order valence-electron chi connectivity index (χ1n) is 12.6. The maximum absolute atomic E-state index is 13.8. The van der Waals surface area contributed by atoms with E-state index in [9.17, 15) is 38.0 Å². The number of halogens is 3. The van der Waals surface area contributed by atoms with Crippen molar-refractivity contribution in [2.75, 3.05) is 36.0 Å². The van der Waals surface area contributed by atoms with Gasteiger partial charge < -0.3 is 19.6 Å². The summed E-state index contributed by atoms with van der Waals surface area (Å²) in [5, 5.41) is 21.3. The van der Waals surface area contributed by atoms with Crippen molar-refractivity contribution in [3.63, 3.8) is 0 Å². The molecule has 2 amide bonds. The minimum atomic E-state index is -4.55. The van der Waals surface area contributed by atoms with Gasteiger partial charge in [-0.15, -0.1) is 0 Å². The van der Waals surface area contributed by atoms with Crippen molar-refractivity contribution in [2.24, 2.45) is 0 Å². The SMILES string of the molecule is CC(Oc1ccccc1)C(=O)N(Cc1ccc(C(F)(F)F)cc1)c1cc(N2CCN(C(=O)O)CC2)ccc1[N+](=O)[O-]. The Bertz CT molecular complexity index is 1390. The fraction of sp³-hybridized carbons (Fsp3) is 0.286. The molecule has 4 rings (SSSR count). The van der Waals surface area contributed by atoms with Gasteiger partial charge in [-0.25, -0.2) is 4.79 Å². The summed E-state index contributed by atoms with van der Waals surface area (Å²) in [6.45, 7) is 2.30. The number of ether oxygens (including phenoxy) is 1. The number of piperazine rings is 1. The number of carbonyl (C=O) groups excluding carboxylic acids is 1. The van der Waals surface area contributed by atoms with E-state index in [1.165, 1.54) is 42.2 Å². The number of nitro benzene ring substituents is 1. The van der Waals surface area contributed by atoms with Gasteiger partial charge in [0.05, 0.1) is 17.0 Å². The smallest absolute Gasteiger partial charge is 0.416 e. The molecule has 0 aliphatic carbocycles. The Morgan fingerprint density at radius 3 is 2.22 bits per heavy atom. The van der Waals surface area contributed by atoms with Gasteiger partial charge in [-0.2, -0.15) is 13.2 Å². The largest absolute Gasteiger partial charge is 0.481 e. The highest BCUT2D eigenvalue weighted by atomic mass is 19.4. The lowest BCUT2D eigenvalue weighted by atomic mass is 10.1. The number of amides is 2. The third-order valence-electron chi connectivity index (χ3n) is 6.65. The zero-order valence-electron chi connectivity index (χ0n) is 22.0. The van der Waals surface area contributed by atoms with Crippen LogP contribution in [0, 0.1) is 10.1 Å². The fourth-order valence-corrected chi connectivity index (χ4v) is 4.47. The average Bonchev–Trinajstić information content (AvgIpc) is 2.95. The molecule has 3 aromatic carbocycles. The molecule has 216 valence electrons. The van der Waals surface area contributed by atoms with Gasteiger partial charge in [0.1, 0.15) is 11.4 Å². The first-order chi connectivity index (χ1) is 19.4. The van der Waals surface area contributed by atoms with E-state index < -0.39 is 34.8 Å². The molecule has 41 heavy (non-hydrogen) atoms. The lowest BCUT2D eigenvalue weighted by Gasteiger charge is -2.35. The quantitative estimate of drug-likeness (QED) is 0.283. The molecule has 0 bridgehead atoms. The van der Waals surface area contributed by atoms with Crippen LogP contribution >= 0.6 is 0 Å². The number of carbonyl (C=O) groups is 2. The van der Waals surface area contributed by atoms with Crippen LogP contribution in [0.15, 0.2) is 72.8 Å². The molecular weight excluding hydrogens is 545 g/mol. The van der Waals surface area contributed by atoms with Crippen LogP contribution < -0.4 is 14.5 Å². The number of rotatable bonds is 8. The van der Waals surface area contributed by atoms with Gasteiger partial charge in [0.15, 0.2) is 6.10 Å². The zero-order valence-corrected chi connectivity index (χ0v) is 22.0. The summed E-state index contributed by atoms with van der Waals surface area (Å²) >= 11 is 0. The maximum Gasteiger partial charge on any atom is 0.416 e. The Morgan fingerprint density at radius 1 is 1.02 bits per heavy atom. The van der Waals surface area contributed by atoms with E-state index in [0.717, 1.165) is 17.0 Å². The second-order valence-corrected chi connectivity index (χ2v) is 9.38. The van der Waals surface area contributed by atoms with Gasteiger partial charge >= 0.3 is 12.3 Å². The molecule has 1 unspecified atom stereocenters. The molecule has 0 spiro atoms. The average molecular weight is 573 g/mol. The molecule has 0 radical (unpaired) electrons. The van der Waals surface area contributed by atoms with E-state index in [0.29, 0.717) is 30.1 Å². The minimum Gasteiger partial charge on any atom is -0.481 e. The van der Waals surface area contributed by atoms with E-state index in [-0.39, 0.29) is 31.0 Å². The molecule has 1 aliphatic rings. The van der Waals surface area contributed by atoms with Gasteiger partial charge in [0, 0.05) is 37.9 Å². The lowest BCUT2D eigenvalue weighted by Crippen LogP contribution is -2.48. The Balaban J connectivity index is 1.71.